The number of alkyl halides is 3. The van der Waals surface area contributed by atoms with Crippen molar-refractivity contribution < 1.29 is 31.9 Å². The number of para-hydroxylation sites is 1. The summed E-state index contributed by atoms with van der Waals surface area (Å²) in [4.78, 5) is 3.88. The molecular weight excluding hydrogens is 411 g/mol. The summed E-state index contributed by atoms with van der Waals surface area (Å²) in [7, 11) is 1.40. The molecule has 0 saturated heterocycles. The molecule has 160 valence electrons. The first-order valence-electron chi connectivity index (χ1n) is 8.75. The van der Waals surface area contributed by atoms with Crippen LogP contribution in [0.3, 0.4) is 0 Å². The van der Waals surface area contributed by atoms with Gasteiger partial charge >= 0.3 is 6.18 Å². The minimum absolute atomic E-state index is 0.0512. The molecule has 0 amide bonds. The maximum Gasteiger partial charge on any atom is 0.417 e. The van der Waals surface area contributed by atoms with Gasteiger partial charge in [-0.25, -0.2) is 18.8 Å². The smallest absolute Gasteiger partial charge is 0.417 e. The number of hydrogen-bond donors (Lipinski definition) is 1. The Morgan fingerprint density at radius 1 is 1.17 bits per heavy atom. The predicted molar refractivity (Wildman–Crippen MR) is 96.9 cm³/mol. The minimum atomic E-state index is -4.69. The van der Waals surface area contributed by atoms with Gasteiger partial charge in [0.05, 0.1) is 30.1 Å². The number of hydroxylamine groups is 1. The zero-order valence-corrected chi connectivity index (χ0v) is 15.9. The maximum absolute atomic E-state index is 13.8. The Hall–Kier alpha value is -3.21. The highest BCUT2D eigenvalue weighted by molar-refractivity contribution is 5.65. The van der Waals surface area contributed by atoms with Gasteiger partial charge in [-0.15, -0.1) is 0 Å². The molecule has 3 aromatic rings. The molecule has 1 aromatic carbocycles. The highest BCUT2D eigenvalue weighted by Gasteiger charge is 2.35. The summed E-state index contributed by atoms with van der Waals surface area (Å²) in [6, 6.07) is 5.13. The molecule has 0 fully saturated rings. The highest BCUT2D eigenvalue weighted by Crippen LogP contribution is 2.38. The van der Waals surface area contributed by atoms with Crippen LogP contribution in [0.25, 0.3) is 11.3 Å². The van der Waals surface area contributed by atoms with Crippen LogP contribution in [0.1, 0.15) is 18.2 Å². The van der Waals surface area contributed by atoms with Crippen LogP contribution in [0, 0.1) is 11.6 Å². The van der Waals surface area contributed by atoms with Gasteiger partial charge in [0.25, 0.3) is 0 Å². The van der Waals surface area contributed by atoms with Crippen molar-refractivity contribution in [1.29, 1.82) is 0 Å². The van der Waals surface area contributed by atoms with Crippen molar-refractivity contribution in [2.45, 2.75) is 19.6 Å². The summed E-state index contributed by atoms with van der Waals surface area (Å²) < 4.78 is 74.6. The fourth-order valence-electron chi connectivity index (χ4n) is 2.93. The van der Waals surface area contributed by atoms with Gasteiger partial charge < -0.3 is 4.74 Å². The van der Waals surface area contributed by atoms with E-state index in [2.05, 4.69) is 10.1 Å². The van der Waals surface area contributed by atoms with Gasteiger partial charge in [-0.1, -0.05) is 6.07 Å². The molecule has 0 atom stereocenters. The third-order valence-corrected chi connectivity index (χ3v) is 4.19. The lowest BCUT2D eigenvalue weighted by atomic mass is 10.1. The Morgan fingerprint density at radius 2 is 1.83 bits per heavy atom. The molecule has 2 heterocycles. The molecule has 0 saturated carbocycles. The molecule has 3 rings (SSSR count). The molecule has 0 spiro atoms. The number of nitrogens with zero attached hydrogens (tertiary/aromatic N) is 4. The summed E-state index contributed by atoms with van der Waals surface area (Å²) in [5, 5.41) is 14.4. The van der Waals surface area contributed by atoms with E-state index in [1.54, 1.807) is 6.92 Å². The lowest BCUT2D eigenvalue weighted by molar-refractivity contribution is -0.137. The average molecular weight is 428 g/mol. The van der Waals surface area contributed by atoms with E-state index in [1.807, 2.05) is 0 Å². The van der Waals surface area contributed by atoms with Crippen LogP contribution in [0.2, 0.25) is 0 Å². The second-order valence-corrected chi connectivity index (χ2v) is 6.27. The standard InChI is InChI=1S/C19H17F5N4O2/c1-3-30-17-8-13(19(22,23)24)12(9-25-17)16-7-11(26-27(16)2)10-28(29)18-14(20)5-4-6-15(18)21/h4-9,29H,3,10H2,1-2H3. The number of anilines is 1. The first-order valence-corrected chi connectivity index (χ1v) is 8.75. The van der Waals surface area contributed by atoms with E-state index < -0.39 is 35.6 Å². The van der Waals surface area contributed by atoms with Crippen LogP contribution in [0.5, 0.6) is 5.88 Å². The Labute approximate surface area is 168 Å². The largest absolute Gasteiger partial charge is 0.478 e. The van der Waals surface area contributed by atoms with E-state index in [4.69, 9.17) is 4.74 Å². The van der Waals surface area contributed by atoms with E-state index >= 15 is 0 Å². The number of aryl methyl sites for hydroxylation is 1. The first kappa shape index (κ1) is 21.5. The maximum atomic E-state index is 13.8. The molecule has 0 aliphatic rings. The zero-order chi connectivity index (χ0) is 22.1. The summed E-state index contributed by atoms with van der Waals surface area (Å²) in [5.74, 6) is -2.17. The lowest BCUT2D eigenvalue weighted by Gasteiger charge is -2.16. The number of halogens is 5. The van der Waals surface area contributed by atoms with E-state index in [1.165, 1.54) is 13.1 Å². The Kier molecular flexibility index (Phi) is 5.92. The van der Waals surface area contributed by atoms with Crippen molar-refractivity contribution in [2.75, 3.05) is 11.7 Å². The number of aromatic nitrogens is 3. The Morgan fingerprint density at radius 3 is 2.43 bits per heavy atom. The van der Waals surface area contributed by atoms with Crippen molar-refractivity contribution in [3.05, 3.63) is 59.4 Å². The number of hydrogen-bond acceptors (Lipinski definition) is 5. The third kappa shape index (κ3) is 4.35. The SMILES string of the molecule is CCOc1cc(C(F)(F)F)c(-c2cc(CN(O)c3c(F)cccc3F)nn2C)cn1. The fraction of sp³-hybridized carbons (Fsp3) is 0.263. The lowest BCUT2D eigenvalue weighted by Crippen LogP contribution is -2.20. The monoisotopic (exact) mass is 428 g/mol. The van der Waals surface area contributed by atoms with Crippen molar-refractivity contribution >= 4 is 5.69 Å². The van der Waals surface area contributed by atoms with E-state index in [0.29, 0.717) is 5.06 Å². The Balaban J connectivity index is 1.97. The summed E-state index contributed by atoms with van der Waals surface area (Å²) in [6.45, 7) is 1.31. The third-order valence-electron chi connectivity index (χ3n) is 4.19. The molecule has 0 aliphatic carbocycles. The zero-order valence-electron chi connectivity index (χ0n) is 15.9. The minimum Gasteiger partial charge on any atom is -0.478 e. The van der Waals surface area contributed by atoms with Crippen molar-refractivity contribution in [1.82, 2.24) is 14.8 Å². The topological polar surface area (TPSA) is 63.4 Å². The Bertz CT molecular complexity index is 1030. The van der Waals surface area contributed by atoms with Gasteiger partial charge in [-0.3, -0.25) is 9.89 Å². The second-order valence-electron chi connectivity index (χ2n) is 6.27. The summed E-state index contributed by atoms with van der Waals surface area (Å²) in [5.41, 5.74) is -1.79. The number of benzene rings is 1. The normalized spacial score (nSPS) is 11.6. The van der Waals surface area contributed by atoms with E-state index in [9.17, 15) is 27.2 Å². The van der Waals surface area contributed by atoms with Crippen LogP contribution in [0.15, 0.2) is 36.5 Å². The predicted octanol–water partition coefficient (Wildman–Crippen LogP) is 4.57. The molecule has 0 bridgehead atoms. The van der Waals surface area contributed by atoms with Crippen LogP contribution in [-0.4, -0.2) is 26.6 Å². The molecule has 6 nitrogen and oxygen atoms in total. The second kappa shape index (κ2) is 8.27. The first-order chi connectivity index (χ1) is 14.1. The van der Waals surface area contributed by atoms with E-state index in [-0.39, 0.29) is 29.4 Å². The molecule has 11 heteroatoms. The van der Waals surface area contributed by atoms with E-state index in [0.717, 1.165) is 35.1 Å². The molecule has 0 unspecified atom stereocenters. The van der Waals surface area contributed by atoms with Crippen LogP contribution < -0.4 is 9.80 Å². The summed E-state index contributed by atoms with van der Waals surface area (Å²) in [6.07, 6.45) is -3.67. The number of pyridine rings is 1. The molecular formula is C19H17F5N4O2. The molecule has 0 aliphatic heterocycles. The molecule has 30 heavy (non-hydrogen) atoms. The van der Waals surface area contributed by atoms with Crippen molar-refractivity contribution in [3.8, 4) is 17.1 Å². The van der Waals surface area contributed by atoms with Crippen LogP contribution in [0.4, 0.5) is 27.6 Å². The number of rotatable bonds is 6. The van der Waals surface area contributed by atoms with Crippen LogP contribution >= 0.6 is 0 Å². The fourth-order valence-corrected chi connectivity index (χ4v) is 2.93. The average Bonchev–Trinajstić information content (AvgIpc) is 3.01. The van der Waals surface area contributed by atoms with Gasteiger partial charge in [0.2, 0.25) is 5.88 Å². The molecule has 1 N–H and O–H groups in total. The highest BCUT2D eigenvalue weighted by atomic mass is 19.4. The van der Waals surface area contributed by atoms with Gasteiger partial charge in [0, 0.05) is 24.9 Å². The van der Waals surface area contributed by atoms with Gasteiger partial charge in [-0.05, 0) is 25.1 Å². The van der Waals surface area contributed by atoms with Gasteiger partial charge in [0.15, 0.2) is 11.6 Å². The van der Waals surface area contributed by atoms with Crippen LogP contribution in [-0.2, 0) is 19.8 Å². The molecule has 2 aromatic heterocycles. The van der Waals surface area contributed by atoms with Gasteiger partial charge in [0.1, 0.15) is 5.69 Å². The molecule has 0 radical (unpaired) electrons. The summed E-state index contributed by atoms with van der Waals surface area (Å²) >= 11 is 0. The number of ether oxygens (including phenoxy) is 1. The van der Waals surface area contributed by atoms with Gasteiger partial charge in [-0.2, -0.15) is 18.3 Å². The quantitative estimate of drug-likeness (QED) is 0.460. The van der Waals surface area contributed by atoms with Crippen molar-refractivity contribution in [3.63, 3.8) is 0 Å². The van der Waals surface area contributed by atoms with Crippen molar-refractivity contribution in [2.24, 2.45) is 7.05 Å².